The Labute approximate surface area is 90.9 Å². The maximum absolute atomic E-state index is 9.16. The molecule has 0 aliphatic rings. The van der Waals surface area contributed by atoms with Gasteiger partial charge < -0.3 is 10.0 Å². The minimum atomic E-state index is -1.47. The molecular formula is C9H8BClO2S. The smallest absolute Gasteiger partial charge is 0.423 e. The highest BCUT2D eigenvalue weighted by atomic mass is 35.5. The fraction of sp³-hybridized carbons (Fsp3) is 0.111. The lowest BCUT2D eigenvalue weighted by atomic mass is 9.78. The van der Waals surface area contributed by atoms with Gasteiger partial charge in [0.05, 0.1) is 5.02 Å². The van der Waals surface area contributed by atoms with Gasteiger partial charge in [-0.2, -0.15) is 0 Å². The van der Waals surface area contributed by atoms with Crippen LogP contribution >= 0.6 is 22.9 Å². The van der Waals surface area contributed by atoms with Crippen molar-refractivity contribution in [3.8, 4) is 0 Å². The monoisotopic (exact) mass is 226 g/mol. The third kappa shape index (κ3) is 1.44. The third-order valence-electron chi connectivity index (χ3n) is 2.18. The van der Waals surface area contributed by atoms with E-state index in [1.807, 2.05) is 18.4 Å². The highest BCUT2D eigenvalue weighted by Crippen LogP contribution is 2.30. The van der Waals surface area contributed by atoms with Gasteiger partial charge in [0.25, 0.3) is 0 Å². The Morgan fingerprint density at radius 3 is 2.71 bits per heavy atom. The van der Waals surface area contributed by atoms with Crippen molar-refractivity contribution in [1.82, 2.24) is 0 Å². The summed E-state index contributed by atoms with van der Waals surface area (Å²) in [5.41, 5.74) is 1.57. The van der Waals surface area contributed by atoms with Crippen LogP contribution in [0.2, 0.25) is 5.02 Å². The summed E-state index contributed by atoms with van der Waals surface area (Å²) in [6, 6.07) is 3.56. The number of rotatable bonds is 1. The number of aryl methyl sites for hydroxylation is 1. The normalized spacial score (nSPS) is 10.9. The molecule has 1 heterocycles. The molecule has 2 aromatic rings. The molecule has 0 saturated heterocycles. The average Bonchev–Trinajstić information content (AvgIpc) is 2.50. The Bertz CT molecular complexity index is 481. The molecule has 5 heteroatoms. The summed E-state index contributed by atoms with van der Waals surface area (Å²) < 4.78 is 1.01. The van der Waals surface area contributed by atoms with Crippen LogP contribution in [0.4, 0.5) is 0 Å². The Morgan fingerprint density at radius 1 is 1.36 bits per heavy atom. The van der Waals surface area contributed by atoms with Gasteiger partial charge in [0.1, 0.15) is 0 Å². The molecule has 2 nitrogen and oxygen atoms in total. The van der Waals surface area contributed by atoms with E-state index in [1.165, 1.54) is 11.3 Å². The van der Waals surface area contributed by atoms with Crippen molar-refractivity contribution in [1.29, 1.82) is 0 Å². The Kier molecular flexibility index (Phi) is 2.53. The predicted octanol–water partition coefficient (Wildman–Crippen LogP) is 1.54. The maximum atomic E-state index is 9.16. The number of thiophene rings is 1. The van der Waals surface area contributed by atoms with E-state index in [0.29, 0.717) is 10.5 Å². The van der Waals surface area contributed by atoms with E-state index in [2.05, 4.69) is 0 Å². The van der Waals surface area contributed by atoms with E-state index in [4.69, 9.17) is 21.6 Å². The maximum Gasteiger partial charge on any atom is 0.489 e. The average molecular weight is 226 g/mol. The molecule has 0 bridgehead atoms. The number of benzene rings is 1. The SMILES string of the molecule is Cc1ccc(B(O)O)c2c(Cl)csc12. The molecule has 0 aliphatic carbocycles. The first-order chi connectivity index (χ1) is 6.61. The molecule has 2 N–H and O–H groups in total. The van der Waals surface area contributed by atoms with Gasteiger partial charge in [0.15, 0.2) is 0 Å². The van der Waals surface area contributed by atoms with Crippen LogP contribution in [0.15, 0.2) is 17.5 Å². The summed E-state index contributed by atoms with van der Waals surface area (Å²) in [7, 11) is -1.47. The van der Waals surface area contributed by atoms with Gasteiger partial charge >= 0.3 is 7.12 Å². The summed E-state index contributed by atoms with van der Waals surface area (Å²) in [4.78, 5) is 0. The van der Waals surface area contributed by atoms with Crippen molar-refractivity contribution in [3.63, 3.8) is 0 Å². The molecule has 0 fully saturated rings. The second-order valence-electron chi connectivity index (χ2n) is 3.13. The Balaban J connectivity index is 2.85. The van der Waals surface area contributed by atoms with E-state index < -0.39 is 7.12 Å². The number of hydrogen-bond acceptors (Lipinski definition) is 3. The van der Waals surface area contributed by atoms with Crippen LogP contribution in [-0.2, 0) is 0 Å². The molecule has 0 unspecified atom stereocenters. The minimum absolute atomic E-state index is 0.469. The summed E-state index contributed by atoms with van der Waals surface area (Å²) in [6.45, 7) is 1.97. The zero-order valence-electron chi connectivity index (χ0n) is 7.49. The van der Waals surface area contributed by atoms with E-state index in [9.17, 15) is 0 Å². The summed E-state index contributed by atoms with van der Waals surface area (Å²) in [5, 5.41) is 21.5. The van der Waals surface area contributed by atoms with Crippen molar-refractivity contribution in [2.24, 2.45) is 0 Å². The first kappa shape index (κ1) is 9.99. The lowest BCUT2D eigenvalue weighted by Gasteiger charge is -2.04. The zero-order valence-corrected chi connectivity index (χ0v) is 9.06. The lowest BCUT2D eigenvalue weighted by molar-refractivity contribution is 0.426. The topological polar surface area (TPSA) is 40.5 Å². The summed E-state index contributed by atoms with van der Waals surface area (Å²) >= 11 is 7.50. The van der Waals surface area contributed by atoms with E-state index in [-0.39, 0.29) is 0 Å². The van der Waals surface area contributed by atoms with Crippen LogP contribution in [0.1, 0.15) is 5.56 Å². The van der Waals surface area contributed by atoms with E-state index >= 15 is 0 Å². The van der Waals surface area contributed by atoms with Crippen LogP contribution in [0.5, 0.6) is 0 Å². The zero-order chi connectivity index (χ0) is 10.3. The molecule has 1 aromatic heterocycles. The van der Waals surface area contributed by atoms with Crippen LogP contribution < -0.4 is 5.46 Å². The van der Waals surface area contributed by atoms with Crippen LogP contribution in [-0.4, -0.2) is 17.2 Å². The Hall–Kier alpha value is -0.545. The van der Waals surface area contributed by atoms with Gasteiger partial charge in [-0.1, -0.05) is 23.7 Å². The van der Waals surface area contributed by atoms with Gasteiger partial charge in [0, 0.05) is 15.5 Å². The molecule has 0 spiro atoms. The number of halogens is 1. The van der Waals surface area contributed by atoms with Gasteiger partial charge in [-0.25, -0.2) is 0 Å². The van der Waals surface area contributed by atoms with E-state index in [1.54, 1.807) is 6.07 Å². The summed E-state index contributed by atoms with van der Waals surface area (Å²) in [6.07, 6.45) is 0. The van der Waals surface area contributed by atoms with Crippen LogP contribution in [0, 0.1) is 6.92 Å². The van der Waals surface area contributed by atoms with Crippen molar-refractivity contribution in [2.75, 3.05) is 0 Å². The van der Waals surface area contributed by atoms with Crippen molar-refractivity contribution >= 4 is 45.6 Å². The highest BCUT2D eigenvalue weighted by Gasteiger charge is 2.18. The van der Waals surface area contributed by atoms with Crippen molar-refractivity contribution < 1.29 is 10.0 Å². The fourth-order valence-electron chi connectivity index (χ4n) is 1.49. The van der Waals surface area contributed by atoms with Gasteiger partial charge in [-0.15, -0.1) is 11.3 Å². The standard InChI is InChI=1S/C9H8BClO2S/c1-5-2-3-6(10(12)13)8-7(11)4-14-9(5)8/h2-4,12-13H,1H3. The molecule has 1 aromatic carbocycles. The molecule has 0 atom stereocenters. The van der Waals surface area contributed by atoms with Gasteiger partial charge in [-0.3, -0.25) is 0 Å². The Morgan fingerprint density at radius 2 is 2.07 bits per heavy atom. The van der Waals surface area contributed by atoms with Crippen LogP contribution in [0.25, 0.3) is 10.1 Å². The van der Waals surface area contributed by atoms with Crippen molar-refractivity contribution in [2.45, 2.75) is 6.92 Å². The molecular weight excluding hydrogens is 218 g/mol. The highest BCUT2D eigenvalue weighted by molar-refractivity contribution is 7.18. The third-order valence-corrected chi connectivity index (χ3v) is 3.73. The number of fused-ring (bicyclic) bond motifs is 1. The largest absolute Gasteiger partial charge is 0.489 e. The quantitative estimate of drug-likeness (QED) is 0.724. The van der Waals surface area contributed by atoms with Gasteiger partial charge in [-0.05, 0) is 17.9 Å². The minimum Gasteiger partial charge on any atom is -0.423 e. The number of hydrogen-bond donors (Lipinski definition) is 2. The van der Waals surface area contributed by atoms with Crippen molar-refractivity contribution in [3.05, 3.63) is 28.1 Å². The predicted molar refractivity (Wildman–Crippen MR) is 61.4 cm³/mol. The lowest BCUT2D eigenvalue weighted by Crippen LogP contribution is -2.30. The first-order valence-corrected chi connectivity index (χ1v) is 5.39. The molecule has 14 heavy (non-hydrogen) atoms. The molecule has 0 saturated carbocycles. The fourth-order valence-corrected chi connectivity index (χ4v) is 2.82. The van der Waals surface area contributed by atoms with E-state index in [0.717, 1.165) is 15.6 Å². The molecule has 2 rings (SSSR count). The second kappa shape index (κ2) is 3.55. The van der Waals surface area contributed by atoms with Crippen LogP contribution in [0.3, 0.4) is 0 Å². The molecule has 72 valence electrons. The molecule has 0 radical (unpaired) electrons. The van der Waals surface area contributed by atoms with Gasteiger partial charge in [0.2, 0.25) is 0 Å². The first-order valence-electron chi connectivity index (χ1n) is 4.13. The molecule has 0 amide bonds. The molecule has 0 aliphatic heterocycles. The second-order valence-corrected chi connectivity index (χ2v) is 4.42. The summed E-state index contributed by atoms with van der Waals surface area (Å²) in [5.74, 6) is 0.